The zero-order valence-electron chi connectivity index (χ0n) is 12.8. The van der Waals surface area contributed by atoms with Gasteiger partial charge in [-0.1, -0.05) is 0 Å². The third-order valence-electron chi connectivity index (χ3n) is 3.97. The summed E-state index contributed by atoms with van der Waals surface area (Å²) in [5.74, 6) is -0.136. The average Bonchev–Trinajstić information content (AvgIpc) is 3.01. The number of rotatable bonds is 4. The van der Waals surface area contributed by atoms with E-state index >= 15 is 0 Å². The van der Waals surface area contributed by atoms with Crippen molar-refractivity contribution >= 4 is 27.0 Å². The van der Waals surface area contributed by atoms with Gasteiger partial charge >= 0.3 is 0 Å². The van der Waals surface area contributed by atoms with E-state index < -0.39 is 10.0 Å². The molecule has 1 fully saturated rings. The first-order valence-electron chi connectivity index (χ1n) is 7.38. The molecule has 23 heavy (non-hydrogen) atoms. The first kappa shape index (κ1) is 15.8. The molecule has 1 unspecified atom stereocenters. The molecule has 1 N–H and O–H groups in total. The lowest BCUT2D eigenvalue weighted by atomic mass is 10.1. The van der Waals surface area contributed by atoms with Gasteiger partial charge in [-0.15, -0.1) is 0 Å². The first-order chi connectivity index (χ1) is 10.9. The summed E-state index contributed by atoms with van der Waals surface area (Å²) in [6, 6.07) is 7.18. The first-order valence-corrected chi connectivity index (χ1v) is 9.23. The van der Waals surface area contributed by atoms with E-state index in [1.54, 1.807) is 12.3 Å². The van der Waals surface area contributed by atoms with Crippen LogP contribution in [0.2, 0.25) is 0 Å². The maximum absolute atomic E-state index is 12.2. The Balaban J connectivity index is 1.61. The van der Waals surface area contributed by atoms with Gasteiger partial charge in [0, 0.05) is 31.2 Å². The lowest BCUT2D eigenvalue weighted by Gasteiger charge is -2.13. The summed E-state index contributed by atoms with van der Waals surface area (Å²) in [6.07, 6.45) is 3.59. The number of carbonyl (C=O) groups is 1. The number of aromatic nitrogens is 2. The number of hydrogen-bond donors (Lipinski definition) is 1. The summed E-state index contributed by atoms with van der Waals surface area (Å²) < 4.78 is 24.4. The van der Waals surface area contributed by atoms with Crippen LogP contribution in [0, 0.1) is 5.92 Å². The molecular formula is C15H18N4O3S. The molecule has 3 heterocycles. The van der Waals surface area contributed by atoms with E-state index in [0.29, 0.717) is 31.0 Å². The normalized spacial score (nSPS) is 19.1. The molecule has 1 aliphatic rings. The summed E-state index contributed by atoms with van der Waals surface area (Å²) in [5, 5.41) is 3.71. The summed E-state index contributed by atoms with van der Waals surface area (Å²) in [4.78, 5) is 20.6. The fourth-order valence-electron chi connectivity index (χ4n) is 2.67. The Kier molecular flexibility index (Phi) is 4.27. The number of fused-ring (bicyclic) bond motifs is 1. The number of hydrogen-bond acceptors (Lipinski definition) is 5. The zero-order chi connectivity index (χ0) is 16.4. The third-order valence-corrected chi connectivity index (χ3v) is 5.24. The second-order valence-electron chi connectivity index (χ2n) is 5.73. The molecule has 1 amide bonds. The fourth-order valence-corrected chi connectivity index (χ4v) is 3.59. The molecule has 2 aromatic rings. The maximum Gasteiger partial charge on any atom is 0.269 e. The van der Waals surface area contributed by atoms with Gasteiger partial charge in [-0.25, -0.2) is 22.7 Å². The highest BCUT2D eigenvalue weighted by Gasteiger charge is 2.28. The SMILES string of the molecule is CS(=O)(=O)N1CCC(CNC(=O)c2ccc3cccnc3n2)C1. The maximum atomic E-state index is 12.2. The molecule has 8 heteroatoms. The molecule has 0 aromatic carbocycles. The van der Waals surface area contributed by atoms with Crippen molar-refractivity contribution in [2.45, 2.75) is 6.42 Å². The van der Waals surface area contributed by atoms with Gasteiger partial charge < -0.3 is 5.32 Å². The molecule has 0 aliphatic carbocycles. The van der Waals surface area contributed by atoms with E-state index in [2.05, 4.69) is 15.3 Å². The Labute approximate surface area is 134 Å². The van der Waals surface area contributed by atoms with E-state index in [0.717, 1.165) is 11.8 Å². The highest BCUT2D eigenvalue weighted by molar-refractivity contribution is 7.88. The van der Waals surface area contributed by atoms with Crippen LogP contribution in [0.15, 0.2) is 30.5 Å². The van der Waals surface area contributed by atoms with Crippen LogP contribution in [0.5, 0.6) is 0 Å². The van der Waals surface area contributed by atoms with Crippen molar-refractivity contribution in [1.82, 2.24) is 19.6 Å². The summed E-state index contributed by atoms with van der Waals surface area (Å²) >= 11 is 0. The summed E-state index contributed by atoms with van der Waals surface area (Å²) in [5.41, 5.74) is 0.846. The van der Waals surface area contributed by atoms with Gasteiger partial charge in [0.15, 0.2) is 5.65 Å². The van der Waals surface area contributed by atoms with E-state index in [-0.39, 0.29) is 11.8 Å². The molecule has 1 aliphatic heterocycles. The van der Waals surface area contributed by atoms with Crippen molar-refractivity contribution in [3.05, 3.63) is 36.2 Å². The average molecular weight is 334 g/mol. The highest BCUT2D eigenvalue weighted by Crippen LogP contribution is 2.18. The summed E-state index contributed by atoms with van der Waals surface area (Å²) in [7, 11) is -3.15. The van der Waals surface area contributed by atoms with Gasteiger partial charge in [-0.2, -0.15) is 0 Å². The predicted octanol–water partition coefficient (Wildman–Crippen LogP) is 0.641. The van der Waals surface area contributed by atoms with Gasteiger partial charge in [-0.05, 0) is 36.6 Å². The van der Waals surface area contributed by atoms with Crippen LogP contribution in [-0.4, -0.2) is 54.5 Å². The standard InChI is InChI=1S/C15H18N4O3S/c1-23(21,22)19-8-6-11(10-19)9-17-15(20)13-5-4-12-3-2-7-16-14(12)18-13/h2-5,7,11H,6,8-10H2,1H3,(H,17,20). The number of sulfonamides is 1. The van der Waals surface area contributed by atoms with Crippen molar-refractivity contribution in [1.29, 1.82) is 0 Å². The van der Waals surface area contributed by atoms with Crippen LogP contribution in [0.25, 0.3) is 11.0 Å². The van der Waals surface area contributed by atoms with Crippen molar-refractivity contribution in [2.24, 2.45) is 5.92 Å². The van der Waals surface area contributed by atoms with Gasteiger partial charge in [0.2, 0.25) is 10.0 Å². The Bertz CT molecular complexity index is 837. The van der Waals surface area contributed by atoms with E-state index in [4.69, 9.17) is 0 Å². The molecule has 3 rings (SSSR count). The molecule has 1 atom stereocenters. The smallest absolute Gasteiger partial charge is 0.269 e. The minimum Gasteiger partial charge on any atom is -0.350 e. The van der Waals surface area contributed by atoms with Gasteiger partial charge in [-0.3, -0.25) is 4.79 Å². The Morgan fingerprint density at radius 1 is 1.39 bits per heavy atom. The van der Waals surface area contributed by atoms with Crippen molar-refractivity contribution in [2.75, 3.05) is 25.9 Å². The van der Waals surface area contributed by atoms with Gasteiger partial charge in [0.25, 0.3) is 5.91 Å². The molecule has 122 valence electrons. The topological polar surface area (TPSA) is 92.3 Å². The highest BCUT2D eigenvalue weighted by atomic mass is 32.2. The number of carbonyl (C=O) groups excluding carboxylic acids is 1. The number of pyridine rings is 2. The Morgan fingerprint density at radius 3 is 2.96 bits per heavy atom. The minimum absolute atomic E-state index is 0.132. The van der Waals surface area contributed by atoms with Gasteiger partial charge in [0.05, 0.1) is 6.26 Å². The summed E-state index contributed by atoms with van der Waals surface area (Å²) in [6.45, 7) is 1.40. The minimum atomic E-state index is -3.15. The van der Waals surface area contributed by atoms with Crippen LogP contribution in [-0.2, 0) is 10.0 Å². The lowest BCUT2D eigenvalue weighted by Crippen LogP contribution is -2.32. The van der Waals surface area contributed by atoms with Crippen LogP contribution >= 0.6 is 0 Å². The van der Waals surface area contributed by atoms with Gasteiger partial charge in [0.1, 0.15) is 5.69 Å². The Hall–Kier alpha value is -2.06. The zero-order valence-corrected chi connectivity index (χ0v) is 13.6. The second kappa shape index (κ2) is 6.21. The fraction of sp³-hybridized carbons (Fsp3) is 0.400. The molecule has 7 nitrogen and oxygen atoms in total. The third kappa shape index (κ3) is 3.65. The lowest BCUT2D eigenvalue weighted by molar-refractivity contribution is 0.0943. The monoisotopic (exact) mass is 334 g/mol. The number of amides is 1. The quantitative estimate of drug-likeness (QED) is 0.886. The Morgan fingerprint density at radius 2 is 2.22 bits per heavy atom. The molecular weight excluding hydrogens is 316 g/mol. The van der Waals surface area contributed by atoms with Crippen LogP contribution in [0.1, 0.15) is 16.9 Å². The molecule has 2 aromatic heterocycles. The van der Waals surface area contributed by atoms with Crippen LogP contribution in [0.4, 0.5) is 0 Å². The molecule has 0 saturated carbocycles. The van der Waals surface area contributed by atoms with Crippen LogP contribution in [0.3, 0.4) is 0 Å². The van der Waals surface area contributed by atoms with Crippen LogP contribution < -0.4 is 5.32 Å². The van der Waals surface area contributed by atoms with Crippen molar-refractivity contribution < 1.29 is 13.2 Å². The molecule has 0 radical (unpaired) electrons. The van der Waals surface area contributed by atoms with E-state index in [1.807, 2.05) is 18.2 Å². The largest absolute Gasteiger partial charge is 0.350 e. The number of nitrogens with zero attached hydrogens (tertiary/aromatic N) is 3. The van der Waals surface area contributed by atoms with E-state index in [1.165, 1.54) is 10.6 Å². The van der Waals surface area contributed by atoms with E-state index in [9.17, 15) is 13.2 Å². The number of nitrogens with one attached hydrogen (secondary N) is 1. The molecule has 1 saturated heterocycles. The second-order valence-corrected chi connectivity index (χ2v) is 7.71. The van der Waals surface area contributed by atoms with Crippen molar-refractivity contribution in [3.8, 4) is 0 Å². The predicted molar refractivity (Wildman–Crippen MR) is 86.4 cm³/mol. The van der Waals surface area contributed by atoms with Crippen molar-refractivity contribution in [3.63, 3.8) is 0 Å². The molecule has 0 spiro atoms. The molecule has 0 bridgehead atoms.